The van der Waals surface area contributed by atoms with Gasteiger partial charge in [0.05, 0.1) is 24.0 Å². The molecule has 0 aliphatic heterocycles. The van der Waals surface area contributed by atoms with Gasteiger partial charge in [0, 0.05) is 13.1 Å². The molecule has 0 spiro atoms. The van der Waals surface area contributed by atoms with E-state index in [0.29, 0.717) is 23.2 Å². The van der Waals surface area contributed by atoms with E-state index in [4.69, 9.17) is 10.5 Å². The summed E-state index contributed by atoms with van der Waals surface area (Å²) >= 11 is 0. The van der Waals surface area contributed by atoms with Crippen LogP contribution in [0.25, 0.3) is 0 Å². The van der Waals surface area contributed by atoms with Gasteiger partial charge in [-0.05, 0) is 37.0 Å². The highest BCUT2D eigenvalue weighted by atomic mass is 16.5. The molecule has 2 atom stereocenters. The van der Waals surface area contributed by atoms with E-state index >= 15 is 0 Å². The number of carbonyl (C=O) groups excluding carboxylic acids is 1. The van der Waals surface area contributed by atoms with Crippen LogP contribution in [0.15, 0.2) is 18.2 Å². The maximum absolute atomic E-state index is 11.7. The summed E-state index contributed by atoms with van der Waals surface area (Å²) in [6.45, 7) is 2.29. The van der Waals surface area contributed by atoms with Crippen molar-refractivity contribution in [1.29, 1.82) is 0 Å². The van der Waals surface area contributed by atoms with Crippen LogP contribution in [0.5, 0.6) is 0 Å². The van der Waals surface area contributed by atoms with Gasteiger partial charge in [0.25, 0.3) is 0 Å². The number of methoxy groups -OCH3 is 1. The maximum Gasteiger partial charge on any atom is 0.337 e. The van der Waals surface area contributed by atoms with Gasteiger partial charge in [-0.2, -0.15) is 0 Å². The molecule has 0 heterocycles. The van der Waals surface area contributed by atoms with Gasteiger partial charge in [-0.1, -0.05) is 19.8 Å². The molecule has 4 nitrogen and oxygen atoms in total. The van der Waals surface area contributed by atoms with Crippen molar-refractivity contribution >= 4 is 17.3 Å². The van der Waals surface area contributed by atoms with E-state index < -0.39 is 0 Å². The number of hydrogen-bond donors (Lipinski definition) is 1. The van der Waals surface area contributed by atoms with Gasteiger partial charge in [0.2, 0.25) is 0 Å². The Balaban J connectivity index is 2.28. The van der Waals surface area contributed by atoms with Crippen LogP contribution < -0.4 is 10.6 Å². The van der Waals surface area contributed by atoms with Crippen molar-refractivity contribution in [2.45, 2.75) is 38.6 Å². The Morgan fingerprint density at radius 2 is 2.05 bits per heavy atom. The van der Waals surface area contributed by atoms with Crippen LogP contribution in [0.4, 0.5) is 11.4 Å². The zero-order valence-corrected chi connectivity index (χ0v) is 12.6. The first-order valence-electron chi connectivity index (χ1n) is 7.25. The average Bonchev–Trinajstić information content (AvgIpc) is 2.46. The number of hydrogen-bond acceptors (Lipinski definition) is 4. The molecule has 1 saturated carbocycles. The molecule has 4 heteroatoms. The Hall–Kier alpha value is -1.71. The summed E-state index contributed by atoms with van der Waals surface area (Å²) in [4.78, 5) is 13.9. The topological polar surface area (TPSA) is 55.6 Å². The molecule has 0 radical (unpaired) electrons. The molecule has 1 aromatic rings. The molecular weight excluding hydrogens is 252 g/mol. The molecule has 0 bridgehead atoms. The Morgan fingerprint density at radius 3 is 2.70 bits per heavy atom. The summed E-state index contributed by atoms with van der Waals surface area (Å²) in [6, 6.07) is 5.82. The molecule has 0 amide bonds. The van der Waals surface area contributed by atoms with Crippen molar-refractivity contribution < 1.29 is 9.53 Å². The van der Waals surface area contributed by atoms with E-state index in [1.165, 1.54) is 32.8 Å². The van der Waals surface area contributed by atoms with E-state index in [-0.39, 0.29) is 5.97 Å². The second-order valence-electron chi connectivity index (χ2n) is 5.71. The largest absolute Gasteiger partial charge is 0.465 e. The van der Waals surface area contributed by atoms with Crippen molar-refractivity contribution in [3.05, 3.63) is 23.8 Å². The fourth-order valence-corrected chi connectivity index (χ4v) is 3.14. The minimum atomic E-state index is -0.323. The standard InChI is InChI=1S/C16H24N2O2/c1-11-6-4-5-7-14(11)18(2)15-10-12(16(19)20-3)8-9-13(15)17/h8-11,14H,4-7,17H2,1-3H3. The van der Waals surface area contributed by atoms with Gasteiger partial charge in [-0.15, -0.1) is 0 Å². The molecule has 110 valence electrons. The maximum atomic E-state index is 11.7. The van der Waals surface area contributed by atoms with Gasteiger partial charge in [-0.25, -0.2) is 4.79 Å². The number of anilines is 2. The van der Waals surface area contributed by atoms with Crippen LogP contribution in [-0.4, -0.2) is 26.2 Å². The SMILES string of the molecule is COC(=O)c1ccc(N)c(N(C)C2CCCCC2C)c1. The van der Waals surface area contributed by atoms with E-state index in [2.05, 4.69) is 18.9 Å². The zero-order chi connectivity index (χ0) is 14.7. The van der Waals surface area contributed by atoms with Crippen molar-refractivity contribution in [2.24, 2.45) is 5.92 Å². The third-order valence-corrected chi connectivity index (χ3v) is 4.40. The highest BCUT2D eigenvalue weighted by molar-refractivity contribution is 5.92. The number of ether oxygens (including phenoxy) is 1. The fraction of sp³-hybridized carbons (Fsp3) is 0.562. The third kappa shape index (κ3) is 2.89. The zero-order valence-electron chi connectivity index (χ0n) is 12.6. The summed E-state index contributed by atoms with van der Waals surface area (Å²) < 4.78 is 4.78. The van der Waals surface area contributed by atoms with Crippen LogP contribution >= 0.6 is 0 Å². The lowest BCUT2D eigenvalue weighted by Gasteiger charge is -2.38. The minimum Gasteiger partial charge on any atom is -0.465 e. The van der Waals surface area contributed by atoms with E-state index in [9.17, 15) is 4.79 Å². The van der Waals surface area contributed by atoms with Crippen molar-refractivity contribution in [1.82, 2.24) is 0 Å². The van der Waals surface area contributed by atoms with Crippen molar-refractivity contribution in [2.75, 3.05) is 24.8 Å². The third-order valence-electron chi connectivity index (χ3n) is 4.40. The molecule has 20 heavy (non-hydrogen) atoms. The first kappa shape index (κ1) is 14.7. The lowest BCUT2D eigenvalue weighted by Crippen LogP contribution is -2.39. The summed E-state index contributed by atoms with van der Waals surface area (Å²) in [7, 11) is 3.46. The molecule has 0 saturated heterocycles. The van der Waals surface area contributed by atoms with E-state index in [1.54, 1.807) is 12.1 Å². The van der Waals surface area contributed by atoms with Crippen LogP contribution in [0.3, 0.4) is 0 Å². The first-order chi connectivity index (χ1) is 9.54. The molecular formula is C16H24N2O2. The summed E-state index contributed by atoms with van der Waals surface area (Å²) in [6.07, 6.45) is 5.00. The minimum absolute atomic E-state index is 0.323. The highest BCUT2D eigenvalue weighted by Gasteiger charge is 2.26. The van der Waals surface area contributed by atoms with Crippen molar-refractivity contribution in [3.63, 3.8) is 0 Å². The molecule has 0 aromatic heterocycles. The Kier molecular flexibility index (Phi) is 4.53. The van der Waals surface area contributed by atoms with E-state index in [0.717, 1.165) is 5.69 Å². The smallest absolute Gasteiger partial charge is 0.337 e. The van der Waals surface area contributed by atoms with Gasteiger partial charge in [0.15, 0.2) is 0 Å². The van der Waals surface area contributed by atoms with Crippen LogP contribution in [0.2, 0.25) is 0 Å². The average molecular weight is 276 g/mol. The monoisotopic (exact) mass is 276 g/mol. The molecule has 2 rings (SSSR count). The quantitative estimate of drug-likeness (QED) is 0.681. The summed E-state index contributed by atoms with van der Waals surface area (Å²) in [5.41, 5.74) is 8.27. The molecule has 2 unspecified atom stereocenters. The highest BCUT2D eigenvalue weighted by Crippen LogP contribution is 2.33. The van der Waals surface area contributed by atoms with Gasteiger partial charge < -0.3 is 15.4 Å². The Morgan fingerprint density at radius 1 is 1.35 bits per heavy atom. The second kappa shape index (κ2) is 6.16. The predicted octanol–water partition coefficient (Wildman–Crippen LogP) is 3.07. The molecule has 1 aliphatic carbocycles. The summed E-state index contributed by atoms with van der Waals surface area (Å²) in [5, 5.41) is 0. The lowest BCUT2D eigenvalue weighted by molar-refractivity contribution is 0.0601. The fourth-order valence-electron chi connectivity index (χ4n) is 3.14. The predicted molar refractivity (Wildman–Crippen MR) is 82.0 cm³/mol. The van der Waals surface area contributed by atoms with Gasteiger partial charge in [0.1, 0.15) is 0 Å². The molecule has 1 fully saturated rings. The van der Waals surface area contributed by atoms with Crippen LogP contribution in [0.1, 0.15) is 43.0 Å². The second-order valence-corrected chi connectivity index (χ2v) is 5.71. The summed E-state index contributed by atoms with van der Waals surface area (Å²) in [5.74, 6) is 0.325. The van der Waals surface area contributed by atoms with Gasteiger partial charge >= 0.3 is 5.97 Å². The van der Waals surface area contributed by atoms with Crippen LogP contribution in [0, 0.1) is 5.92 Å². The lowest BCUT2D eigenvalue weighted by atomic mass is 9.85. The molecule has 2 N–H and O–H groups in total. The van der Waals surface area contributed by atoms with Crippen molar-refractivity contribution in [3.8, 4) is 0 Å². The number of esters is 1. The number of benzene rings is 1. The molecule has 1 aliphatic rings. The normalized spacial score (nSPS) is 22.4. The number of carbonyl (C=O) groups is 1. The first-order valence-corrected chi connectivity index (χ1v) is 7.25. The number of nitrogens with zero attached hydrogens (tertiary/aromatic N) is 1. The number of nitrogens with two attached hydrogens (primary N) is 1. The number of rotatable bonds is 3. The molecule has 1 aromatic carbocycles. The van der Waals surface area contributed by atoms with Gasteiger partial charge in [-0.3, -0.25) is 0 Å². The Labute approximate surface area is 120 Å². The van der Waals surface area contributed by atoms with Crippen LogP contribution in [-0.2, 0) is 4.74 Å². The van der Waals surface area contributed by atoms with E-state index in [1.807, 2.05) is 6.07 Å². The Bertz CT molecular complexity index is 487. The number of nitrogen functional groups attached to an aromatic ring is 1.